The highest BCUT2D eigenvalue weighted by Crippen LogP contribution is 2.32. The molecule has 1 aromatic carbocycles. The van der Waals surface area contributed by atoms with Gasteiger partial charge in [-0.15, -0.1) is 0 Å². The lowest BCUT2D eigenvalue weighted by atomic mass is 9.84. The van der Waals surface area contributed by atoms with Gasteiger partial charge in [-0.05, 0) is 43.7 Å². The number of fused-ring (bicyclic) bond motifs is 2. The van der Waals surface area contributed by atoms with Crippen molar-refractivity contribution in [1.82, 2.24) is 10.3 Å². The molecule has 3 amide bonds. The zero-order chi connectivity index (χ0) is 18.8. The Balaban J connectivity index is 2.00. The number of carbonyl (C=O) groups excluding carboxylic acids is 3. The van der Waals surface area contributed by atoms with Gasteiger partial charge in [-0.1, -0.05) is 25.1 Å². The van der Waals surface area contributed by atoms with Crippen LogP contribution in [-0.4, -0.2) is 29.0 Å². The molecule has 2 aromatic rings. The van der Waals surface area contributed by atoms with E-state index in [9.17, 15) is 14.4 Å². The summed E-state index contributed by atoms with van der Waals surface area (Å²) < 4.78 is 5.32. The number of benzene rings is 1. The smallest absolute Gasteiger partial charge is 0.339 e. The topological polar surface area (TPSA) is 111 Å². The Morgan fingerprint density at radius 3 is 2.77 bits per heavy atom. The number of nitrogens with two attached hydrogens (primary N) is 1. The number of nitrogens with zero attached hydrogens (tertiary/aromatic N) is 1. The molecule has 0 radical (unpaired) electrons. The van der Waals surface area contributed by atoms with E-state index in [1.807, 2.05) is 29.6 Å². The van der Waals surface area contributed by atoms with Crippen LogP contribution in [0.25, 0.3) is 10.9 Å². The van der Waals surface area contributed by atoms with Crippen LogP contribution < -0.4 is 11.1 Å². The SMILES string of the molecule is C[C@@H]1CCc2nc3ccccc3c(C(=O)O[C@@H](C)C(=O)NC(N)=O)c2C1. The molecule has 1 aliphatic carbocycles. The van der Waals surface area contributed by atoms with Crippen LogP contribution in [-0.2, 0) is 22.4 Å². The van der Waals surface area contributed by atoms with Gasteiger partial charge in [0.05, 0.1) is 11.1 Å². The van der Waals surface area contributed by atoms with Crippen molar-refractivity contribution >= 4 is 28.8 Å². The summed E-state index contributed by atoms with van der Waals surface area (Å²) in [6, 6.07) is 6.40. The Kier molecular flexibility index (Phi) is 4.88. The lowest BCUT2D eigenvalue weighted by Gasteiger charge is -2.24. The maximum atomic E-state index is 12.9. The van der Waals surface area contributed by atoms with E-state index >= 15 is 0 Å². The molecule has 3 rings (SSSR count). The third-order valence-corrected chi connectivity index (χ3v) is 4.61. The zero-order valence-electron chi connectivity index (χ0n) is 14.7. The van der Waals surface area contributed by atoms with Crippen molar-refractivity contribution in [3.05, 3.63) is 41.1 Å². The molecule has 0 saturated carbocycles. The molecule has 1 aromatic heterocycles. The Bertz CT molecular complexity index is 894. The van der Waals surface area contributed by atoms with Crippen LogP contribution in [0.1, 0.15) is 41.9 Å². The molecule has 2 atom stereocenters. The van der Waals surface area contributed by atoms with E-state index in [1.54, 1.807) is 0 Å². The highest BCUT2D eigenvalue weighted by atomic mass is 16.5. The Morgan fingerprint density at radius 1 is 1.31 bits per heavy atom. The minimum Gasteiger partial charge on any atom is -0.449 e. The predicted molar refractivity (Wildman–Crippen MR) is 95.5 cm³/mol. The number of carbonyl (C=O) groups is 3. The molecule has 136 valence electrons. The van der Waals surface area contributed by atoms with Crippen molar-refractivity contribution in [2.24, 2.45) is 11.7 Å². The molecule has 0 spiro atoms. The summed E-state index contributed by atoms with van der Waals surface area (Å²) in [7, 11) is 0. The lowest BCUT2D eigenvalue weighted by molar-refractivity contribution is -0.127. The minimum atomic E-state index is -1.14. The summed E-state index contributed by atoms with van der Waals surface area (Å²) in [5, 5.41) is 2.62. The first kappa shape index (κ1) is 17.8. The van der Waals surface area contributed by atoms with Crippen LogP contribution in [0.3, 0.4) is 0 Å². The Morgan fingerprint density at radius 2 is 2.04 bits per heavy atom. The fourth-order valence-electron chi connectivity index (χ4n) is 3.29. The number of rotatable bonds is 3. The second-order valence-electron chi connectivity index (χ2n) is 6.68. The first-order valence-corrected chi connectivity index (χ1v) is 8.58. The number of amides is 3. The van der Waals surface area contributed by atoms with Gasteiger partial charge >= 0.3 is 12.0 Å². The van der Waals surface area contributed by atoms with Gasteiger partial charge in [0.15, 0.2) is 6.10 Å². The average molecular weight is 355 g/mol. The van der Waals surface area contributed by atoms with E-state index in [2.05, 4.69) is 6.92 Å². The van der Waals surface area contributed by atoms with Gasteiger partial charge in [0.25, 0.3) is 5.91 Å². The number of ether oxygens (including phenoxy) is 1. The minimum absolute atomic E-state index is 0.438. The fraction of sp³-hybridized carbons (Fsp3) is 0.368. The second kappa shape index (κ2) is 7.11. The number of esters is 1. The van der Waals surface area contributed by atoms with Crippen LogP contribution in [0.5, 0.6) is 0 Å². The van der Waals surface area contributed by atoms with Crippen LogP contribution in [0.4, 0.5) is 4.79 Å². The van der Waals surface area contributed by atoms with E-state index < -0.39 is 24.0 Å². The van der Waals surface area contributed by atoms with Gasteiger partial charge in [-0.2, -0.15) is 0 Å². The van der Waals surface area contributed by atoms with Crippen molar-refractivity contribution < 1.29 is 19.1 Å². The number of hydrogen-bond acceptors (Lipinski definition) is 5. The van der Waals surface area contributed by atoms with Crippen molar-refractivity contribution in [3.63, 3.8) is 0 Å². The Hall–Kier alpha value is -2.96. The zero-order valence-corrected chi connectivity index (χ0v) is 14.7. The number of hydrogen-bond donors (Lipinski definition) is 2. The number of aryl methyl sites for hydroxylation is 1. The fourth-order valence-corrected chi connectivity index (χ4v) is 3.29. The summed E-state index contributed by atoms with van der Waals surface area (Å²) in [4.78, 5) is 40.2. The van der Waals surface area contributed by atoms with Crippen LogP contribution in [0.15, 0.2) is 24.3 Å². The van der Waals surface area contributed by atoms with E-state index in [1.165, 1.54) is 6.92 Å². The van der Waals surface area contributed by atoms with Gasteiger partial charge in [0.2, 0.25) is 0 Å². The standard InChI is InChI=1S/C19H21N3O4/c1-10-7-8-15-13(9-10)16(12-5-3-4-6-14(12)21-15)18(24)26-11(2)17(23)22-19(20)25/h3-6,10-11H,7-9H2,1-2H3,(H3,20,22,23,25)/t10-,11+/m1/s1. The van der Waals surface area contributed by atoms with Gasteiger partial charge in [-0.25, -0.2) is 9.59 Å². The third-order valence-electron chi connectivity index (χ3n) is 4.61. The first-order chi connectivity index (χ1) is 12.4. The average Bonchev–Trinajstić information content (AvgIpc) is 2.58. The molecule has 0 saturated heterocycles. The van der Waals surface area contributed by atoms with E-state index in [4.69, 9.17) is 15.5 Å². The number of nitrogens with one attached hydrogen (secondary N) is 1. The normalized spacial score (nSPS) is 17.2. The first-order valence-electron chi connectivity index (χ1n) is 8.58. The molecule has 1 heterocycles. The molecule has 7 nitrogen and oxygen atoms in total. The van der Waals surface area contributed by atoms with E-state index in [0.717, 1.165) is 36.0 Å². The van der Waals surface area contributed by atoms with Crippen molar-refractivity contribution in [2.75, 3.05) is 0 Å². The molecule has 1 aliphatic rings. The third kappa shape index (κ3) is 3.51. The van der Waals surface area contributed by atoms with Crippen molar-refractivity contribution in [2.45, 2.75) is 39.2 Å². The number of aromatic nitrogens is 1. The van der Waals surface area contributed by atoms with Gasteiger partial charge in [0, 0.05) is 11.1 Å². The Labute approximate surface area is 150 Å². The van der Waals surface area contributed by atoms with Crippen LogP contribution in [0, 0.1) is 5.92 Å². The maximum Gasteiger partial charge on any atom is 0.339 e. The van der Waals surface area contributed by atoms with Crippen molar-refractivity contribution in [3.8, 4) is 0 Å². The van der Waals surface area contributed by atoms with Crippen molar-refractivity contribution in [1.29, 1.82) is 0 Å². The van der Waals surface area contributed by atoms with Crippen LogP contribution >= 0.6 is 0 Å². The van der Waals surface area contributed by atoms with E-state index in [0.29, 0.717) is 16.9 Å². The van der Waals surface area contributed by atoms with Gasteiger partial charge in [-0.3, -0.25) is 15.1 Å². The molecule has 0 aliphatic heterocycles. The molecule has 0 unspecified atom stereocenters. The quantitative estimate of drug-likeness (QED) is 0.819. The number of pyridine rings is 1. The highest BCUT2D eigenvalue weighted by Gasteiger charge is 2.28. The highest BCUT2D eigenvalue weighted by molar-refractivity contribution is 6.06. The monoisotopic (exact) mass is 355 g/mol. The number of primary amides is 1. The summed E-state index contributed by atoms with van der Waals surface area (Å²) in [6.45, 7) is 3.53. The largest absolute Gasteiger partial charge is 0.449 e. The molecule has 0 fully saturated rings. The summed E-state index contributed by atoms with van der Waals surface area (Å²) in [5.74, 6) is -0.917. The number of urea groups is 1. The molecular formula is C19H21N3O4. The molecule has 3 N–H and O–H groups in total. The van der Waals surface area contributed by atoms with Gasteiger partial charge < -0.3 is 10.5 Å². The molecular weight excluding hydrogens is 334 g/mol. The summed E-state index contributed by atoms with van der Waals surface area (Å²) in [5.41, 5.74) is 7.90. The van der Waals surface area contributed by atoms with Crippen LogP contribution in [0.2, 0.25) is 0 Å². The summed E-state index contributed by atoms with van der Waals surface area (Å²) in [6.07, 6.45) is 1.42. The van der Waals surface area contributed by atoms with E-state index in [-0.39, 0.29) is 0 Å². The maximum absolute atomic E-state index is 12.9. The van der Waals surface area contributed by atoms with Gasteiger partial charge in [0.1, 0.15) is 0 Å². The molecule has 26 heavy (non-hydrogen) atoms. The summed E-state index contributed by atoms with van der Waals surface area (Å²) >= 11 is 0. The predicted octanol–water partition coefficient (Wildman–Crippen LogP) is 2.10. The number of imide groups is 1. The lowest BCUT2D eigenvalue weighted by Crippen LogP contribution is -2.42. The number of para-hydroxylation sites is 1. The molecule has 7 heteroatoms. The second-order valence-corrected chi connectivity index (χ2v) is 6.68. The molecule has 0 bridgehead atoms.